The molecule has 0 spiro atoms. The summed E-state index contributed by atoms with van der Waals surface area (Å²) in [5.74, 6) is 2.85. The van der Waals surface area contributed by atoms with Crippen LogP contribution in [0, 0.1) is 0 Å². The zero-order valence-electron chi connectivity index (χ0n) is 31.0. The fraction of sp³-hybridized carbons (Fsp3) is 0.0588. The van der Waals surface area contributed by atoms with E-state index in [0.717, 1.165) is 50.2 Å². The van der Waals surface area contributed by atoms with Gasteiger partial charge in [-0.2, -0.15) is 0 Å². The first-order valence-electron chi connectivity index (χ1n) is 19.1. The Hall–Kier alpha value is -7.24. The first-order chi connectivity index (χ1) is 27.5. The average molecular weight is 718 g/mol. The van der Waals surface area contributed by atoms with Crippen LogP contribution in [0.4, 0.5) is 0 Å². The molecule has 5 nitrogen and oxygen atoms in total. The fourth-order valence-electron chi connectivity index (χ4n) is 8.70. The van der Waals surface area contributed by atoms with Crippen molar-refractivity contribution >= 4 is 32.7 Å². The second-order valence-corrected chi connectivity index (χ2v) is 15.1. The third-order valence-electron chi connectivity index (χ3n) is 11.4. The molecule has 3 aromatic heterocycles. The maximum atomic E-state index is 5.39. The van der Waals surface area contributed by atoms with Crippen molar-refractivity contribution < 1.29 is 0 Å². The van der Waals surface area contributed by atoms with E-state index in [-0.39, 0.29) is 5.41 Å². The summed E-state index contributed by atoms with van der Waals surface area (Å²) in [6.45, 7) is 4.65. The van der Waals surface area contributed by atoms with Crippen LogP contribution < -0.4 is 0 Å². The number of benzene rings is 7. The van der Waals surface area contributed by atoms with Gasteiger partial charge in [-0.15, -0.1) is 0 Å². The average Bonchev–Trinajstić information content (AvgIpc) is 3.59. The number of rotatable bonds is 5. The van der Waals surface area contributed by atoms with E-state index >= 15 is 0 Å². The Morgan fingerprint density at radius 2 is 0.964 bits per heavy atom. The summed E-state index contributed by atoms with van der Waals surface area (Å²) >= 11 is 0. The summed E-state index contributed by atoms with van der Waals surface area (Å²) in [4.78, 5) is 20.3. The minimum atomic E-state index is -0.120. The number of hydrogen-bond acceptors (Lipinski definition) is 4. The van der Waals surface area contributed by atoms with E-state index in [1.807, 2.05) is 60.7 Å². The van der Waals surface area contributed by atoms with E-state index in [2.05, 4.69) is 134 Å². The lowest BCUT2D eigenvalue weighted by atomic mass is 9.69. The molecule has 11 rings (SSSR count). The lowest BCUT2D eigenvalue weighted by Crippen LogP contribution is -2.23. The van der Waals surface area contributed by atoms with Crippen molar-refractivity contribution in [1.29, 1.82) is 0 Å². The summed E-state index contributed by atoms with van der Waals surface area (Å²) in [5.41, 5.74) is 13.3. The highest BCUT2D eigenvalue weighted by molar-refractivity contribution is 6.11. The highest BCUT2D eigenvalue weighted by Crippen LogP contribution is 2.49. The standard InChI is InChI=1S/C51H35N5/c1-51(2)41-23-11-9-21-37(41)40-31-46(52-43-25-14-24-42(51)47(40)43)56-44-26-12-10-22-38(44)39-30-35(27-28-45(39)56)34-19-13-20-36(29-34)50-54-48(32-15-5-3-6-16-32)53-49(55-50)33-17-7-4-8-18-33/h3-31H,1-2H3. The van der Waals surface area contributed by atoms with Gasteiger partial charge in [0.05, 0.1) is 16.6 Å². The van der Waals surface area contributed by atoms with E-state index in [0.29, 0.717) is 17.5 Å². The summed E-state index contributed by atoms with van der Waals surface area (Å²) in [5, 5.41) is 3.60. The molecular weight excluding hydrogens is 683 g/mol. The molecule has 10 aromatic rings. The van der Waals surface area contributed by atoms with E-state index in [1.165, 1.54) is 38.4 Å². The van der Waals surface area contributed by atoms with Gasteiger partial charge in [0.15, 0.2) is 17.5 Å². The van der Waals surface area contributed by atoms with E-state index in [9.17, 15) is 0 Å². The number of hydrogen-bond donors (Lipinski definition) is 0. The molecule has 264 valence electrons. The molecule has 0 amide bonds. The Balaban J connectivity index is 1.06. The Morgan fingerprint density at radius 1 is 0.393 bits per heavy atom. The summed E-state index contributed by atoms with van der Waals surface area (Å²) in [7, 11) is 0. The Morgan fingerprint density at radius 3 is 1.73 bits per heavy atom. The third-order valence-corrected chi connectivity index (χ3v) is 11.4. The molecule has 1 aliphatic carbocycles. The molecule has 0 fully saturated rings. The van der Waals surface area contributed by atoms with Crippen LogP contribution in [-0.4, -0.2) is 24.5 Å². The monoisotopic (exact) mass is 717 g/mol. The highest BCUT2D eigenvalue weighted by Gasteiger charge is 2.34. The summed E-state index contributed by atoms with van der Waals surface area (Å²) in [6, 6.07) is 61.9. The predicted molar refractivity (Wildman–Crippen MR) is 229 cm³/mol. The molecule has 7 aromatic carbocycles. The smallest absolute Gasteiger partial charge is 0.164 e. The topological polar surface area (TPSA) is 56.5 Å². The van der Waals surface area contributed by atoms with Crippen LogP contribution in [0.1, 0.15) is 25.0 Å². The van der Waals surface area contributed by atoms with Crippen molar-refractivity contribution in [2.75, 3.05) is 0 Å². The Bertz CT molecular complexity index is 3100. The van der Waals surface area contributed by atoms with Gasteiger partial charge in [0, 0.05) is 38.3 Å². The van der Waals surface area contributed by atoms with Gasteiger partial charge in [-0.3, -0.25) is 4.57 Å². The predicted octanol–water partition coefficient (Wildman–Crippen LogP) is 12.5. The molecule has 56 heavy (non-hydrogen) atoms. The quantitative estimate of drug-likeness (QED) is 0.178. The minimum absolute atomic E-state index is 0.120. The van der Waals surface area contributed by atoms with Crippen molar-refractivity contribution in [3.8, 4) is 62.2 Å². The number of pyridine rings is 1. The van der Waals surface area contributed by atoms with Crippen LogP contribution in [0.25, 0.3) is 94.9 Å². The lowest BCUT2D eigenvalue weighted by molar-refractivity contribution is 0.645. The molecule has 0 saturated carbocycles. The molecule has 0 radical (unpaired) electrons. The van der Waals surface area contributed by atoms with Gasteiger partial charge in [-0.1, -0.05) is 153 Å². The summed E-state index contributed by atoms with van der Waals surface area (Å²) in [6.07, 6.45) is 0. The second-order valence-electron chi connectivity index (χ2n) is 15.1. The molecule has 3 heterocycles. The van der Waals surface area contributed by atoms with Crippen molar-refractivity contribution in [2.24, 2.45) is 0 Å². The van der Waals surface area contributed by atoms with Gasteiger partial charge < -0.3 is 0 Å². The molecule has 0 bridgehead atoms. The van der Waals surface area contributed by atoms with Crippen molar-refractivity contribution in [3.05, 3.63) is 187 Å². The molecular formula is C51H35N5. The van der Waals surface area contributed by atoms with Crippen LogP contribution in [0.5, 0.6) is 0 Å². The van der Waals surface area contributed by atoms with Crippen LogP contribution in [-0.2, 0) is 5.41 Å². The van der Waals surface area contributed by atoms with Crippen LogP contribution in [0.15, 0.2) is 176 Å². The maximum absolute atomic E-state index is 5.39. The van der Waals surface area contributed by atoms with Crippen molar-refractivity contribution in [3.63, 3.8) is 0 Å². The van der Waals surface area contributed by atoms with E-state index in [1.54, 1.807) is 0 Å². The van der Waals surface area contributed by atoms with Gasteiger partial charge >= 0.3 is 0 Å². The van der Waals surface area contributed by atoms with Crippen LogP contribution >= 0.6 is 0 Å². The van der Waals surface area contributed by atoms with Gasteiger partial charge in [-0.25, -0.2) is 19.9 Å². The lowest BCUT2D eigenvalue weighted by Gasteiger charge is -2.35. The number of nitrogens with zero attached hydrogens (tertiary/aromatic N) is 5. The number of aromatic nitrogens is 5. The van der Waals surface area contributed by atoms with Gasteiger partial charge in [0.2, 0.25) is 0 Å². The van der Waals surface area contributed by atoms with Crippen LogP contribution in [0.2, 0.25) is 0 Å². The number of para-hydroxylation sites is 1. The first kappa shape index (κ1) is 32.2. The second kappa shape index (κ2) is 12.4. The Labute approximate surface area is 324 Å². The molecule has 0 N–H and O–H groups in total. The van der Waals surface area contributed by atoms with E-state index in [4.69, 9.17) is 19.9 Å². The SMILES string of the molecule is CC1(C)c2ccccc2-c2cc(-n3c4ccccc4c4cc(-c5cccc(-c6nc(-c7ccccc7)nc(-c7ccccc7)n6)c5)ccc43)nc3cccc1c23. The zero-order valence-corrected chi connectivity index (χ0v) is 31.0. The number of fused-ring (bicyclic) bond motifs is 5. The van der Waals surface area contributed by atoms with Crippen LogP contribution in [0.3, 0.4) is 0 Å². The normalized spacial score (nSPS) is 13.0. The summed E-state index contributed by atoms with van der Waals surface area (Å²) < 4.78 is 2.33. The zero-order chi connectivity index (χ0) is 37.4. The molecule has 0 unspecified atom stereocenters. The van der Waals surface area contributed by atoms with Crippen molar-refractivity contribution in [1.82, 2.24) is 24.5 Å². The maximum Gasteiger partial charge on any atom is 0.164 e. The molecule has 0 atom stereocenters. The largest absolute Gasteiger partial charge is 0.294 e. The van der Waals surface area contributed by atoms with Gasteiger partial charge in [-0.05, 0) is 69.8 Å². The highest BCUT2D eigenvalue weighted by atomic mass is 15.1. The molecule has 0 aliphatic heterocycles. The van der Waals surface area contributed by atoms with Crippen molar-refractivity contribution in [2.45, 2.75) is 19.3 Å². The van der Waals surface area contributed by atoms with Gasteiger partial charge in [0.1, 0.15) is 5.82 Å². The third kappa shape index (κ3) is 5.01. The molecule has 0 saturated heterocycles. The fourth-order valence-corrected chi connectivity index (χ4v) is 8.70. The van der Waals surface area contributed by atoms with Gasteiger partial charge in [0.25, 0.3) is 0 Å². The first-order valence-corrected chi connectivity index (χ1v) is 19.1. The molecule has 5 heteroatoms. The Kier molecular flexibility index (Phi) is 7.13. The minimum Gasteiger partial charge on any atom is -0.294 e. The molecule has 1 aliphatic rings. The van der Waals surface area contributed by atoms with E-state index < -0.39 is 0 Å².